The Balaban J connectivity index is 2.22. The highest BCUT2D eigenvalue weighted by Gasteiger charge is 2.52. The first-order valence-corrected chi connectivity index (χ1v) is 14.4. The van der Waals surface area contributed by atoms with Crippen molar-refractivity contribution in [3.8, 4) is 5.75 Å². The standard InChI is InChI=1S/C27H40IN3O6/c1-4-9-20-24(21(28)10-5-2)27(35)31(26(20)34)22(17-18-12-14-19(37-3)15-13-18)25(33)29-16-8-6-7-11-23(32)30-36/h12-15,20-22,24,36H,4-11,16-17H2,1-3H3,(H,29,33)(H,30,32). The van der Waals surface area contributed by atoms with Gasteiger partial charge in [-0.25, -0.2) is 5.48 Å². The average Bonchev–Trinajstić information content (AvgIpc) is 3.13. The van der Waals surface area contributed by atoms with Gasteiger partial charge in [0.15, 0.2) is 0 Å². The summed E-state index contributed by atoms with van der Waals surface area (Å²) in [5, 5.41) is 11.5. The van der Waals surface area contributed by atoms with Gasteiger partial charge in [-0.15, -0.1) is 0 Å². The summed E-state index contributed by atoms with van der Waals surface area (Å²) in [5.41, 5.74) is 2.43. The number of alkyl halides is 1. The number of halogens is 1. The first-order chi connectivity index (χ1) is 17.8. The van der Waals surface area contributed by atoms with Crippen LogP contribution in [0.15, 0.2) is 24.3 Å². The van der Waals surface area contributed by atoms with Gasteiger partial charge in [0, 0.05) is 23.3 Å². The lowest BCUT2D eigenvalue weighted by Crippen LogP contribution is -2.51. The number of carbonyl (C=O) groups excluding carboxylic acids is 4. The van der Waals surface area contributed by atoms with Gasteiger partial charge in [-0.1, -0.05) is 67.8 Å². The van der Waals surface area contributed by atoms with Crippen LogP contribution < -0.4 is 15.5 Å². The quantitative estimate of drug-likeness (QED) is 0.0639. The highest BCUT2D eigenvalue weighted by atomic mass is 127. The van der Waals surface area contributed by atoms with E-state index in [1.165, 1.54) is 4.90 Å². The minimum atomic E-state index is -0.942. The number of nitrogens with zero attached hydrogens (tertiary/aromatic N) is 1. The zero-order chi connectivity index (χ0) is 27.4. The van der Waals surface area contributed by atoms with E-state index in [9.17, 15) is 19.2 Å². The Morgan fingerprint density at radius 3 is 2.38 bits per heavy atom. The van der Waals surface area contributed by atoms with E-state index in [1.807, 2.05) is 19.1 Å². The van der Waals surface area contributed by atoms with Crippen LogP contribution in [0.5, 0.6) is 5.75 Å². The summed E-state index contributed by atoms with van der Waals surface area (Å²) in [5.74, 6) is -1.45. The molecule has 1 aliphatic heterocycles. The van der Waals surface area contributed by atoms with Crippen LogP contribution in [-0.4, -0.2) is 57.4 Å². The third-order valence-electron chi connectivity index (χ3n) is 6.77. The van der Waals surface area contributed by atoms with Gasteiger partial charge >= 0.3 is 0 Å². The van der Waals surface area contributed by atoms with Crippen molar-refractivity contribution in [1.29, 1.82) is 0 Å². The van der Waals surface area contributed by atoms with Crippen LogP contribution in [0.2, 0.25) is 0 Å². The number of unbranched alkanes of at least 4 members (excludes halogenated alkanes) is 2. The van der Waals surface area contributed by atoms with E-state index in [1.54, 1.807) is 24.7 Å². The minimum absolute atomic E-state index is 0.0291. The Morgan fingerprint density at radius 2 is 1.78 bits per heavy atom. The SMILES string of the molecule is CCCC(I)C1C(=O)N(C(Cc2ccc(OC)cc2)C(=O)NCCCCCC(=O)NO)C(=O)C1CCC. The zero-order valence-corrected chi connectivity index (χ0v) is 24.2. The Labute approximate surface area is 233 Å². The molecule has 1 aromatic carbocycles. The maximum absolute atomic E-state index is 13.7. The fraction of sp³-hybridized carbons (Fsp3) is 0.630. The average molecular weight is 630 g/mol. The number of benzene rings is 1. The molecule has 0 aliphatic carbocycles. The molecule has 0 bridgehead atoms. The summed E-state index contributed by atoms with van der Waals surface area (Å²) in [6, 6.07) is 6.34. The number of hydroxylamine groups is 1. The summed E-state index contributed by atoms with van der Waals surface area (Å²) < 4.78 is 5.26. The van der Waals surface area contributed by atoms with E-state index >= 15 is 0 Å². The van der Waals surface area contributed by atoms with Crippen molar-refractivity contribution in [2.45, 2.75) is 81.6 Å². The lowest BCUT2D eigenvalue weighted by atomic mass is 9.87. The van der Waals surface area contributed by atoms with Crippen molar-refractivity contribution in [2.24, 2.45) is 11.8 Å². The molecule has 0 radical (unpaired) electrons. The molecule has 2 rings (SSSR count). The van der Waals surface area contributed by atoms with Crippen LogP contribution in [-0.2, 0) is 25.6 Å². The predicted octanol–water partition coefficient (Wildman–Crippen LogP) is 3.79. The molecule has 206 valence electrons. The lowest BCUT2D eigenvalue weighted by Gasteiger charge is -2.26. The molecule has 0 aromatic heterocycles. The number of nitrogens with one attached hydrogen (secondary N) is 2. The number of rotatable bonds is 16. The van der Waals surface area contributed by atoms with Gasteiger partial charge in [0.1, 0.15) is 11.8 Å². The summed E-state index contributed by atoms with van der Waals surface area (Å²) >= 11 is 2.29. The second-order valence-electron chi connectivity index (χ2n) is 9.48. The molecule has 10 heteroatoms. The molecule has 0 spiro atoms. The molecule has 3 N–H and O–H groups in total. The zero-order valence-electron chi connectivity index (χ0n) is 22.0. The van der Waals surface area contributed by atoms with Gasteiger partial charge in [0.2, 0.25) is 23.6 Å². The number of ether oxygens (including phenoxy) is 1. The molecule has 1 heterocycles. The third kappa shape index (κ3) is 8.66. The predicted molar refractivity (Wildman–Crippen MR) is 148 cm³/mol. The van der Waals surface area contributed by atoms with Gasteiger partial charge in [-0.05, 0) is 43.4 Å². The van der Waals surface area contributed by atoms with Crippen molar-refractivity contribution < 1.29 is 29.1 Å². The van der Waals surface area contributed by atoms with Crippen LogP contribution in [0.1, 0.15) is 70.8 Å². The second kappa shape index (κ2) is 15.9. The molecule has 4 atom stereocenters. The van der Waals surface area contributed by atoms with E-state index in [0.29, 0.717) is 38.0 Å². The summed E-state index contributed by atoms with van der Waals surface area (Å²) in [4.78, 5) is 53.1. The summed E-state index contributed by atoms with van der Waals surface area (Å²) in [6.07, 6.45) is 5.48. The van der Waals surface area contributed by atoms with E-state index in [4.69, 9.17) is 9.94 Å². The van der Waals surface area contributed by atoms with E-state index in [0.717, 1.165) is 24.8 Å². The molecular formula is C27H40IN3O6. The molecule has 1 fully saturated rings. The number of hydrogen-bond acceptors (Lipinski definition) is 6. The number of carbonyl (C=O) groups is 4. The summed E-state index contributed by atoms with van der Waals surface area (Å²) in [6.45, 7) is 4.43. The third-order valence-corrected chi connectivity index (χ3v) is 8.17. The first kappa shape index (κ1) is 31.0. The summed E-state index contributed by atoms with van der Waals surface area (Å²) in [7, 11) is 1.58. The molecule has 4 unspecified atom stereocenters. The van der Waals surface area contributed by atoms with Crippen molar-refractivity contribution in [3.05, 3.63) is 29.8 Å². The molecular weight excluding hydrogens is 589 g/mol. The second-order valence-corrected chi connectivity index (χ2v) is 11.1. The van der Waals surface area contributed by atoms with Crippen molar-refractivity contribution in [1.82, 2.24) is 15.7 Å². The molecule has 0 saturated carbocycles. The Hall–Kier alpha value is -2.21. The highest BCUT2D eigenvalue weighted by Crippen LogP contribution is 2.38. The maximum Gasteiger partial charge on any atom is 0.243 e. The van der Waals surface area contributed by atoms with Gasteiger partial charge in [0.05, 0.1) is 18.9 Å². The van der Waals surface area contributed by atoms with Crippen LogP contribution in [0, 0.1) is 11.8 Å². The van der Waals surface area contributed by atoms with Crippen LogP contribution >= 0.6 is 22.6 Å². The minimum Gasteiger partial charge on any atom is -0.497 e. The Kier molecular flexibility index (Phi) is 13.3. The number of methoxy groups -OCH3 is 1. The van der Waals surface area contributed by atoms with E-state index in [2.05, 4.69) is 34.8 Å². The van der Waals surface area contributed by atoms with Crippen LogP contribution in [0.4, 0.5) is 0 Å². The molecule has 1 saturated heterocycles. The van der Waals surface area contributed by atoms with Crippen molar-refractivity contribution >= 4 is 46.2 Å². The number of hydrogen-bond donors (Lipinski definition) is 3. The lowest BCUT2D eigenvalue weighted by molar-refractivity contribution is -0.148. The Morgan fingerprint density at radius 1 is 1.08 bits per heavy atom. The fourth-order valence-corrected chi connectivity index (χ4v) is 6.25. The number of likely N-dealkylation sites (tertiary alicyclic amines) is 1. The smallest absolute Gasteiger partial charge is 0.243 e. The van der Waals surface area contributed by atoms with Gasteiger partial charge in [-0.2, -0.15) is 0 Å². The van der Waals surface area contributed by atoms with Crippen LogP contribution in [0.3, 0.4) is 0 Å². The first-order valence-electron chi connectivity index (χ1n) is 13.1. The molecule has 1 aliphatic rings. The van der Waals surface area contributed by atoms with Gasteiger partial charge < -0.3 is 10.1 Å². The highest BCUT2D eigenvalue weighted by molar-refractivity contribution is 14.1. The fourth-order valence-electron chi connectivity index (χ4n) is 4.82. The Bertz CT molecular complexity index is 910. The van der Waals surface area contributed by atoms with Crippen molar-refractivity contribution in [2.75, 3.05) is 13.7 Å². The van der Waals surface area contributed by atoms with E-state index in [-0.39, 0.29) is 34.5 Å². The molecule has 37 heavy (non-hydrogen) atoms. The largest absolute Gasteiger partial charge is 0.497 e. The molecule has 1 aromatic rings. The van der Waals surface area contributed by atoms with E-state index < -0.39 is 23.8 Å². The van der Waals surface area contributed by atoms with Crippen LogP contribution in [0.25, 0.3) is 0 Å². The van der Waals surface area contributed by atoms with Gasteiger partial charge in [-0.3, -0.25) is 29.3 Å². The number of amides is 4. The molecule has 4 amide bonds. The molecule has 9 nitrogen and oxygen atoms in total. The number of imide groups is 1. The maximum atomic E-state index is 13.7. The normalized spacial score (nSPS) is 19.0. The monoisotopic (exact) mass is 629 g/mol. The topological polar surface area (TPSA) is 125 Å². The van der Waals surface area contributed by atoms with Gasteiger partial charge in [0.25, 0.3) is 0 Å². The van der Waals surface area contributed by atoms with Crippen molar-refractivity contribution in [3.63, 3.8) is 0 Å².